The standard InChI is InChI=1S/C22H24F3N5O2/c1-29-10-6-14(7-11-29)20(32)30-12-16-17(21(30)8-9-21)27-28-18(16)26-19(31)13-2-4-15(5-3-13)22(23,24)25/h2-5,14H,6-12H2,1H3,(H2,26,27,28,31). The van der Waals surface area contributed by atoms with Crippen molar-refractivity contribution in [2.75, 3.05) is 25.5 Å². The molecule has 2 N–H and O–H groups in total. The molecule has 3 aliphatic rings. The lowest BCUT2D eigenvalue weighted by Gasteiger charge is -2.33. The van der Waals surface area contributed by atoms with Crippen molar-refractivity contribution in [1.82, 2.24) is 20.0 Å². The molecule has 2 aliphatic heterocycles. The van der Waals surface area contributed by atoms with E-state index in [4.69, 9.17) is 0 Å². The predicted octanol–water partition coefficient (Wildman–Crippen LogP) is 3.35. The van der Waals surface area contributed by atoms with E-state index < -0.39 is 17.6 Å². The molecule has 7 nitrogen and oxygen atoms in total. The molecule has 1 saturated carbocycles. The number of alkyl halides is 3. The molecule has 1 saturated heterocycles. The van der Waals surface area contributed by atoms with Crippen LogP contribution in [-0.2, 0) is 23.1 Å². The lowest BCUT2D eigenvalue weighted by molar-refractivity contribution is -0.140. The molecule has 32 heavy (non-hydrogen) atoms. The molecule has 170 valence electrons. The smallest absolute Gasteiger partial charge is 0.327 e. The molecule has 2 aromatic rings. The van der Waals surface area contributed by atoms with Crippen LogP contribution in [0.4, 0.5) is 19.0 Å². The van der Waals surface area contributed by atoms with Gasteiger partial charge in [0.25, 0.3) is 5.91 Å². The maximum atomic E-state index is 13.3. The third-order valence-electron chi connectivity index (χ3n) is 6.93. The Bertz CT molecular complexity index is 1050. The SMILES string of the molecule is CN1CCC(C(=O)N2Cc3c(NC(=O)c4ccc(C(F)(F)F)cc4)n[nH]c3C23CC3)CC1. The number of fused-ring (bicyclic) bond motifs is 2. The van der Waals surface area contributed by atoms with Crippen LogP contribution in [0.3, 0.4) is 0 Å². The van der Waals surface area contributed by atoms with Crippen LogP contribution in [0.25, 0.3) is 0 Å². The Morgan fingerprint density at radius 1 is 1.16 bits per heavy atom. The number of hydrogen-bond donors (Lipinski definition) is 2. The van der Waals surface area contributed by atoms with Gasteiger partial charge in [0.2, 0.25) is 5.91 Å². The average Bonchev–Trinajstić information content (AvgIpc) is 3.36. The Labute approximate surface area is 183 Å². The first-order chi connectivity index (χ1) is 15.2. The molecule has 0 bridgehead atoms. The number of likely N-dealkylation sites (tertiary alicyclic amines) is 1. The predicted molar refractivity (Wildman–Crippen MR) is 110 cm³/mol. The van der Waals surface area contributed by atoms with Gasteiger partial charge in [0.1, 0.15) is 0 Å². The van der Waals surface area contributed by atoms with E-state index in [1.165, 1.54) is 0 Å². The number of aromatic nitrogens is 2. The van der Waals surface area contributed by atoms with Crippen molar-refractivity contribution in [3.05, 3.63) is 46.6 Å². The number of piperidine rings is 1. The minimum Gasteiger partial charge on any atom is -0.327 e. The molecule has 5 rings (SSSR count). The van der Waals surface area contributed by atoms with E-state index in [2.05, 4.69) is 27.5 Å². The molecule has 0 radical (unpaired) electrons. The first-order valence-electron chi connectivity index (χ1n) is 10.8. The van der Waals surface area contributed by atoms with Gasteiger partial charge in [0.05, 0.1) is 23.3 Å². The third kappa shape index (κ3) is 3.46. The highest BCUT2D eigenvalue weighted by atomic mass is 19.4. The summed E-state index contributed by atoms with van der Waals surface area (Å²) in [6.07, 6.45) is -1.07. The molecule has 0 atom stereocenters. The fraction of sp³-hybridized carbons (Fsp3) is 0.500. The number of anilines is 1. The van der Waals surface area contributed by atoms with Gasteiger partial charge in [-0.2, -0.15) is 18.3 Å². The molecule has 1 aliphatic carbocycles. The van der Waals surface area contributed by atoms with Gasteiger partial charge in [0.15, 0.2) is 5.82 Å². The Morgan fingerprint density at radius 3 is 2.41 bits per heavy atom. The van der Waals surface area contributed by atoms with E-state index in [-0.39, 0.29) is 22.9 Å². The Balaban J connectivity index is 1.32. The lowest BCUT2D eigenvalue weighted by atomic mass is 9.95. The van der Waals surface area contributed by atoms with E-state index >= 15 is 0 Å². The zero-order chi connectivity index (χ0) is 22.7. The number of hydrogen-bond acceptors (Lipinski definition) is 4. The second kappa shape index (κ2) is 7.33. The van der Waals surface area contributed by atoms with Gasteiger partial charge in [-0.3, -0.25) is 14.7 Å². The van der Waals surface area contributed by atoms with Crippen LogP contribution >= 0.6 is 0 Å². The number of nitrogens with one attached hydrogen (secondary N) is 2. The largest absolute Gasteiger partial charge is 0.416 e. The molecule has 1 aromatic carbocycles. The highest BCUT2D eigenvalue weighted by molar-refractivity contribution is 6.04. The average molecular weight is 447 g/mol. The molecule has 3 heterocycles. The Morgan fingerprint density at radius 2 is 1.81 bits per heavy atom. The van der Waals surface area contributed by atoms with Gasteiger partial charge in [-0.05, 0) is 70.1 Å². The topological polar surface area (TPSA) is 81.3 Å². The van der Waals surface area contributed by atoms with Crippen LogP contribution in [0, 0.1) is 5.92 Å². The zero-order valence-corrected chi connectivity index (χ0v) is 17.6. The minimum absolute atomic E-state index is 0.00540. The summed E-state index contributed by atoms with van der Waals surface area (Å²) < 4.78 is 38.3. The van der Waals surface area contributed by atoms with Crippen molar-refractivity contribution in [3.8, 4) is 0 Å². The van der Waals surface area contributed by atoms with Crippen molar-refractivity contribution in [2.24, 2.45) is 5.92 Å². The van der Waals surface area contributed by atoms with Gasteiger partial charge in [0, 0.05) is 17.0 Å². The summed E-state index contributed by atoms with van der Waals surface area (Å²) in [5.74, 6) is -0.0566. The first-order valence-corrected chi connectivity index (χ1v) is 10.8. The number of rotatable bonds is 3. The van der Waals surface area contributed by atoms with Crippen molar-refractivity contribution in [1.29, 1.82) is 0 Å². The first kappa shape index (κ1) is 21.0. The highest BCUT2D eigenvalue weighted by Crippen LogP contribution is 2.57. The molecule has 1 spiro atoms. The highest BCUT2D eigenvalue weighted by Gasteiger charge is 2.59. The normalized spacial score (nSPS) is 20.4. The lowest BCUT2D eigenvalue weighted by Crippen LogP contribution is -2.43. The van der Waals surface area contributed by atoms with E-state index in [1.54, 1.807) is 0 Å². The van der Waals surface area contributed by atoms with E-state index in [0.717, 1.165) is 74.3 Å². The number of carbonyl (C=O) groups excluding carboxylic acids is 2. The van der Waals surface area contributed by atoms with Crippen molar-refractivity contribution in [2.45, 2.75) is 43.9 Å². The molecule has 0 unspecified atom stereocenters. The summed E-state index contributed by atoms with van der Waals surface area (Å²) in [5, 5.41) is 9.93. The molecular weight excluding hydrogens is 423 g/mol. The van der Waals surface area contributed by atoms with Gasteiger partial charge < -0.3 is 15.1 Å². The zero-order valence-electron chi connectivity index (χ0n) is 17.6. The number of carbonyl (C=O) groups is 2. The quantitative estimate of drug-likeness (QED) is 0.756. The number of amides is 2. The van der Waals surface area contributed by atoms with E-state index in [1.807, 2.05) is 4.90 Å². The number of H-pyrrole nitrogens is 1. The third-order valence-corrected chi connectivity index (χ3v) is 6.93. The van der Waals surface area contributed by atoms with Crippen LogP contribution in [-0.4, -0.2) is 51.9 Å². The fourth-order valence-corrected chi connectivity index (χ4v) is 4.85. The summed E-state index contributed by atoms with van der Waals surface area (Å²) in [4.78, 5) is 30.1. The summed E-state index contributed by atoms with van der Waals surface area (Å²) in [5.41, 5.74) is 0.576. The summed E-state index contributed by atoms with van der Waals surface area (Å²) in [6, 6.07) is 4.04. The van der Waals surface area contributed by atoms with Crippen LogP contribution in [0.1, 0.15) is 52.9 Å². The molecule has 1 aromatic heterocycles. The minimum atomic E-state index is -4.46. The van der Waals surface area contributed by atoms with Crippen LogP contribution < -0.4 is 5.32 Å². The monoisotopic (exact) mass is 447 g/mol. The number of nitrogens with zero attached hydrogens (tertiary/aromatic N) is 3. The number of benzene rings is 1. The van der Waals surface area contributed by atoms with Crippen LogP contribution in [0.15, 0.2) is 24.3 Å². The van der Waals surface area contributed by atoms with Crippen molar-refractivity contribution >= 4 is 17.6 Å². The van der Waals surface area contributed by atoms with Crippen LogP contribution in [0.5, 0.6) is 0 Å². The maximum Gasteiger partial charge on any atom is 0.416 e. The summed E-state index contributed by atoms with van der Waals surface area (Å²) in [6.45, 7) is 2.18. The molecule has 10 heteroatoms. The molecule has 2 amide bonds. The number of halogens is 3. The van der Waals surface area contributed by atoms with Gasteiger partial charge in [-0.25, -0.2) is 0 Å². The summed E-state index contributed by atoms with van der Waals surface area (Å²) >= 11 is 0. The second-order valence-corrected chi connectivity index (χ2v) is 8.99. The molecular formula is C22H24F3N5O2. The second-order valence-electron chi connectivity index (χ2n) is 8.99. The maximum absolute atomic E-state index is 13.3. The number of aromatic amines is 1. The Kier molecular flexibility index (Phi) is 4.81. The van der Waals surface area contributed by atoms with E-state index in [9.17, 15) is 22.8 Å². The van der Waals surface area contributed by atoms with Gasteiger partial charge in [-0.1, -0.05) is 0 Å². The van der Waals surface area contributed by atoms with Gasteiger partial charge >= 0.3 is 6.18 Å². The van der Waals surface area contributed by atoms with Crippen LogP contribution in [0.2, 0.25) is 0 Å². The van der Waals surface area contributed by atoms with Crippen molar-refractivity contribution in [3.63, 3.8) is 0 Å². The Hall–Kier alpha value is -2.88. The fourth-order valence-electron chi connectivity index (χ4n) is 4.85. The summed E-state index contributed by atoms with van der Waals surface area (Å²) in [7, 11) is 2.06. The van der Waals surface area contributed by atoms with E-state index in [0.29, 0.717) is 12.4 Å². The van der Waals surface area contributed by atoms with Crippen molar-refractivity contribution < 1.29 is 22.8 Å². The molecule has 2 fully saturated rings. The van der Waals surface area contributed by atoms with Gasteiger partial charge in [-0.15, -0.1) is 0 Å².